The van der Waals surface area contributed by atoms with Gasteiger partial charge in [0.1, 0.15) is 0 Å². The van der Waals surface area contributed by atoms with Crippen LogP contribution in [0.3, 0.4) is 0 Å². The van der Waals surface area contributed by atoms with E-state index >= 15 is 0 Å². The minimum Gasteiger partial charge on any atom is -0.353 e. The Morgan fingerprint density at radius 2 is 2.33 bits per heavy atom. The van der Waals surface area contributed by atoms with E-state index in [1.54, 1.807) is 0 Å². The van der Waals surface area contributed by atoms with Crippen LogP contribution in [0, 0.1) is 0 Å². The van der Waals surface area contributed by atoms with Gasteiger partial charge in [-0.05, 0) is 12.5 Å². The van der Waals surface area contributed by atoms with Crippen LogP contribution in [0.15, 0.2) is 12.7 Å². The number of carbonyl (C=O) groups is 1. The van der Waals surface area contributed by atoms with Gasteiger partial charge >= 0.3 is 29.6 Å². The minimum absolute atomic E-state index is 0. The summed E-state index contributed by atoms with van der Waals surface area (Å²) in [5.41, 5.74) is 0. The molecule has 1 N–H and O–H groups in total. The second-order valence-corrected chi connectivity index (χ2v) is 1.50. The molecule has 0 fully saturated rings. The molecule has 0 bridgehead atoms. The maximum absolute atomic E-state index is 10.3. The van der Waals surface area contributed by atoms with Gasteiger partial charge in [0.2, 0.25) is 5.91 Å². The molecule has 3 heteroatoms. The van der Waals surface area contributed by atoms with Gasteiger partial charge < -0.3 is 5.32 Å². The van der Waals surface area contributed by atoms with Gasteiger partial charge in [0, 0.05) is 6.54 Å². The molecule has 0 aliphatic heterocycles. The van der Waals surface area contributed by atoms with Crippen molar-refractivity contribution in [3.63, 3.8) is 0 Å². The fourth-order valence-electron chi connectivity index (χ4n) is 0.320. The van der Waals surface area contributed by atoms with Crippen molar-refractivity contribution in [3.8, 4) is 0 Å². The summed E-state index contributed by atoms with van der Waals surface area (Å²) in [5, 5.41) is 2.62. The van der Waals surface area contributed by atoms with Crippen LogP contribution < -0.4 is 34.9 Å². The van der Waals surface area contributed by atoms with Crippen molar-refractivity contribution in [2.24, 2.45) is 0 Å². The number of hydrogen-bond acceptors (Lipinski definition) is 1. The third-order valence-electron chi connectivity index (χ3n) is 0.735. The summed E-state index contributed by atoms with van der Waals surface area (Å²) in [6.45, 7) is 6.05. The van der Waals surface area contributed by atoms with Gasteiger partial charge in [-0.3, -0.25) is 4.79 Å². The van der Waals surface area contributed by atoms with E-state index in [1.807, 2.05) is 6.92 Å². The molecule has 0 atom stereocenters. The second kappa shape index (κ2) is 8.21. The summed E-state index contributed by atoms with van der Waals surface area (Å²) >= 11 is 0. The van der Waals surface area contributed by atoms with E-state index in [9.17, 15) is 4.79 Å². The molecule has 0 heterocycles. The van der Waals surface area contributed by atoms with E-state index in [4.69, 9.17) is 0 Å². The molecule has 0 aromatic carbocycles. The molecule has 9 heavy (non-hydrogen) atoms. The summed E-state index contributed by atoms with van der Waals surface area (Å²) in [4.78, 5) is 10.3. The zero-order valence-corrected chi connectivity index (χ0v) is 8.11. The van der Waals surface area contributed by atoms with Crippen molar-refractivity contribution in [1.82, 2.24) is 5.32 Å². The average molecular weight is 136 g/mol. The van der Waals surface area contributed by atoms with Crippen molar-refractivity contribution in [3.05, 3.63) is 12.7 Å². The van der Waals surface area contributed by atoms with Crippen molar-refractivity contribution < 1.29 is 34.4 Å². The van der Waals surface area contributed by atoms with Crippen molar-refractivity contribution in [2.75, 3.05) is 6.54 Å². The van der Waals surface area contributed by atoms with E-state index in [2.05, 4.69) is 11.9 Å². The Kier molecular flexibility index (Phi) is 10.9. The Morgan fingerprint density at radius 3 is 2.67 bits per heavy atom. The standard InChI is InChI=1S/C6H11NO.Na/c1-3-5-7-6(8)4-2;/h4H,2-3,5H2,1H3,(H,7,8);/q;+1. The minimum atomic E-state index is -0.0909. The monoisotopic (exact) mass is 136 g/mol. The Hall–Kier alpha value is 0.210. The van der Waals surface area contributed by atoms with E-state index in [0.717, 1.165) is 13.0 Å². The predicted octanol–water partition coefficient (Wildman–Crippen LogP) is -2.30. The van der Waals surface area contributed by atoms with Gasteiger partial charge in [-0.2, -0.15) is 0 Å². The number of nitrogens with one attached hydrogen (secondary N) is 1. The first kappa shape index (κ1) is 11.9. The van der Waals surface area contributed by atoms with Gasteiger partial charge in [-0.15, -0.1) is 0 Å². The van der Waals surface area contributed by atoms with Crippen LogP contribution in [-0.2, 0) is 4.79 Å². The van der Waals surface area contributed by atoms with Crippen molar-refractivity contribution in [2.45, 2.75) is 13.3 Å². The van der Waals surface area contributed by atoms with Crippen LogP contribution in [-0.4, -0.2) is 12.5 Å². The summed E-state index contributed by atoms with van der Waals surface area (Å²) in [7, 11) is 0. The smallest absolute Gasteiger partial charge is 0.353 e. The van der Waals surface area contributed by atoms with Crippen LogP contribution in [0.5, 0.6) is 0 Å². The van der Waals surface area contributed by atoms with Gasteiger partial charge in [-0.25, -0.2) is 0 Å². The molecule has 0 saturated carbocycles. The molecule has 2 nitrogen and oxygen atoms in total. The molecular formula is C6H11NNaO+. The molecule has 0 saturated heterocycles. The Balaban J connectivity index is 0. The summed E-state index contributed by atoms with van der Waals surface area (Å²) in [5.74, 6) is -0.0909. The van der Waals surface area contributed by atoms with Gasteiger partial charge in [0.05, 0.1) is 0 Å². The molecular weight excluding hydrogens is 125 g/mol. The Morgan fingerprint density at radius 1 is 1.78 bits per heavy atom. The zero-order valence-electron chi connectivity index (χ0n) is 6.11. The van der Waals surface area contributed by atoms with E-state index in [1.165, 1.54) is 6.08 Å². The number of rotatable bonds is 3. The largest absolute Gasteiger partial charge is 1.00 e. The average Bonchev–Trinajstić information content (AvgIpc) is 1.83. The number of carbonyl (C=O) groups excluding carboxylic acids is 1. The normalized spacial score (nSPS) is 7.22. The molecule has 0 aromatic rings. The molecule has 1 amide bonds. The molecule has 0 spiro atoms. The quantitative estimate of drug-likeness (QED) is 0.343. The third-order valence-corrected chi connectivity index (χ3v) is 0.735. The van der Waals surface area contributed by atoms with Gasteiger partial charge in [0.25, 0.3) is 0 Å². The first-order valence-corrected chi connectivity index (χ1v) is 2.71. The van der Waals surface area contributed by atoms with Crippen LogP contribution in [0.1, 0.15) is 13.3 Å². The number of amides is 1. The third kappa shape index (κ3) is 8.21. The fraction of sp³-hybridized carbons (Fsp3) is 0.500. The Bertz CT molecular complexity index is 93.1. The summed E-state index contributed by atoms with van der Waals surface area (Å²) < 4.78 is 0. The Labute approximate surface area is 78.0 Å². The van der Waals surface area contributed by atoms with E-state index in [-0.39, 0.29) is 35.5 Å². The van der Waals surface area contributed by atoms with Crippen LogP contribution >= 0.6 is 0 Å². The second-order valence-electron chi connectivity index (χ2n) is 1.50. The fourth-order valence-corrected chi connectivity index (χ4v) is 0.320. The van der Waals surface area contributed by atoms with Crippen LogP contribution in [0.25, 0.3) is 0 Å². The molecule has 0 rings (SSSR count). The van der Waals surface area contributed by atoms with Crippen molar-refractivity contribution >= 4 is 5.91 Å². The molecule has 0 radical (unpaired) electrons. The van der Waals surface area contributed by atoms with Crippen LogP contribution in [0.4, 0.5) is 0 Å². The maximum atomic E-state index is 10.3. The molecule has 46 valence electrons. The van der Waals surface area contributed by atoms with Gasteiger partial charge in [0.15, 0.2) is 0 Å². The number of hydrogen-bond donors (Lipinski definition) is 1. The van der Waals surface area contributed by atoms with E-state index < -0.39 is 0 Å². The summed E-state index contributed by atoms with van der Waals surface area (Å²) in [6, 6.07) is 0. The first-order valence-electron chi connectivity index (χ1n) is 2.71. The molecule has 0 aliphatic carbocycles. The maximum Gasteiger partial charge on any atom is 1.00 e. The predicted molar refractivity (Wildman–Crippen MR) is 33.5 cm³/mol. The first-order chi connectivity index (χ1) is 3.81. The van der Waals surface area contributed by atoms with Crippen LogP contribution in [0.2, 0.25) is 0 Å². The molecule has 0 unspecified atom stereocenters. The zero-order chi connectivity index (χ0) is 6.41. The topological polar surface area (TPSA) is 29.1 Å². The van der Waals surface area contributed by atoms with E-state index in [0.29, 0.717) is 0 Å². The van der Waals surface area contributed by atoms with Gasteiger partial charge in [-0.1, -0.05) is 13.5 Å². The van der Waals surface area contributed by atoms with Crippen molar-refractivity contribution in [1.29, 1.82) is 0 Å². The molecule has 0 aromatic heterocycles. The SMILES string of the molecule is C=CC(=O)NCCC.[Na+]. The summed E-state index contributed by atoms with van der Waals surface area (Å²) in [6.07, 6.45) is 2.25. The molecule has 0 aliphatic rings.